The van der Waals surface area contributed by atoms with Gasteiger partial charge in [-0.15, -0.1) is 24.2 Å². The molecule has 1 heterocycles. The van der Waals surface area contributed by atoms with Gasteiger partial charge in [-0.05, 0) is 56.5 Å². The van der Waals surface area contributed by atoms with E-state index in [1.165, 1.54) is 10.5 Å². The number of para-hydroxylation sites is 1. The Balaban J connectivity index is 0.00000320. The second-order valence-electron chi connectivity index (χ2n) is 7.23. The number of rotatable bonds is 10. The third kappa shape index (κ3) is 6.71. The van der Waals surface area contributed by atoms with E-state index in [9.17, 15) is 4.79 Å². The van der Waals surface area contributed by atoms with Gasteiger partial charge in [-0.1, -0.05) is 48.6 Å². The molecule has 0 fully saturated rings. The molecule has 162 valence electrons. The van der Waals surface area contributed by atoms with Gasteiger partial charge in [-0.2, -0.15) is 0 Å². The van der Waals surface area contributed by atoms with Gasteiger partial charge in [0.2, 0.25) is 5.91 Å². The topological polar surface area (TPSA) is 36.4 Å². The minimum absolute atomic E-state index is 0. The first-order valence-electron chi connectivity index (χ1n) is 10.1. The molecule has 0 radical (unpaired) electrons. The summed E-state index contributed by atoms with van der Waals surface area (Å²) in [5, 5.41) is 0.823. The van der Waals surface area contributed by atoms with Crippen LogP contribution < -0.4 is 4.90 Å². The first-order valence-corrected chi connectivity index (χ1v) is 11.9. The van der Waals surface area contributed by atoms with Crippen molar-refractivity contribution in [1.82, 2.24) is 9.88 Å². The lowest BCUT2D eigenvalue weighted by atomic mass is 10.1. The number of aromatic nitrogens is 1. The van der Waals surface area contributed by atoms with Crippen LogP contribution in [0.5, 0.6) is 0 Å². The maximum Gasteiger partial charge on any atom is 0.228 e. The number of carbonyl (C=O) groups is 1. The molecule has 0 unspecified atom stereocenters. The highest BCUT2D eigenvalue weighted by molar-refractivity contribution is 7.99. The molecule has 0 aliphatic carbocycles. The number of fused-ring (bicyclic) bond motifs is 1. The predicted molar refractivity (Wildman–Crippen MR) is 134 cm³/mol. The summed E-state index contributed by atoms with van der Waals surface area (Å²) in [4.78, 5) is 23.2. The van der Waals surface area contributed by atoms with Crippen LogP contribution in [0.3, 0.4) is 0 Å². The highest BCUT2D eigenvalue weighted by Crippen LogP contribution is 2.31. The Kier molecular flexibility index (Phi) is 10.1. The summed E-state index contributed by atoms with van der Waals surface area (Å²) in [6, 6.07) is 16.7. The molecular weight excluding hydrogens is 434 g/mol. The van der Waals surface area contributed by atoms with E-state index in [-0.39, 0.29) is 18.3 Å². The van der Waals surface area contributed by atoms with E-state index in [2.05, 4.69) is 42.2 Å². The molecule has 30 heavy (non-hydrogen) atoms. The number of aryl methyl sites for hydroxylation is 1. The van der Waals surface area contributed by atoms with E-state index < -0.39 is 0 Å². The molecule has 0 bridgehead atoms. The molecule has 0 spiro atoms. The van der Waals surface area contributed by atoms with Crippen molar-refractivity contribution in [3.8, 4) is 0 Å². The van der Waals surface area contributed by atoms with Crippen molar-refractivity contribution in [3.63, 3.8) is 0 Å². The van der Waals surface area contributed by atoms with Crippen LogP contribution in [0.1, 0.15) is 25.3 Å². The van der Waals surface area contributed by atoms with E-state index in [0.717, 1.165) is 40.5 Å². The summed E-state index contributed by atoms with van der Waals surface area (Å²) in [6.45, 7) is 3.63. The molecule has 0 saturated heterocycles. The third-order valence-corrected chi connectivity index (χ3v) is 6.86. The highest BCUT2D eigenvalue weighted by atomic mass is 35.5. The molecule has 1 aromatic heterocycles. The van der Waals surface area contributed by atoms with Gasteiger partial charge in [0.05, 0.1) is 10.2 Å². The Morgan fingerprint density at radius 2 is 1.83 bits per heavy atom. The molecule has 0 N–H and O–H groups in total. The van der Waals surface area contributed by atoms with Crippen molar-refractivity contribution >= 4 is 56.8 Å². The number of hydrogen-bond donors (Lipinski definition) is 0. The molecule has 2 aromatic carbocycles. The summed E-state index contributed by atoms with van der Waals surface area (Å²) in [6.07, 6.45) is 2.36. The number of thiazole rings is 1. The van der Waals surface area contributed by atoms with Gasteiger partial charge in [0.15, 0.2) is 5.13 Å². The number of amides is 1. The van der Waals surface area contributed by atoms with Crippen molar-refractivity contribution < 1.29 is 4.79 Å². The smallest absolute Gasteiger partial charge is 0.228 e. The van der Waals surface area contributed by atoms with Crippen LogP contribution in [0.25, 0.3) is 10.2 Å². The average Bonchev–Trinajstić information content (AvgIpc) is 3.15. The van der Waals surface area contributed by atoms with Crippen LogP contribution in [0.4, 0.5) is 5.13 Å². The van der Waals surface area contributed by atoms with Crippen LogP contribution in [-0.4, -0.2) is 48.7 Å². The Bertz CT molecular complexity index is 931. The first-order chi connectivity index (χ1) is 14.1. The fraction of sp³-hybridized carbons (Fsp3) is 0.391. The lowest BCUT2D eigenvalue weighted by Crippen LogP contribution is -2.36. The van der Waals surface area contributed by atoms with Crippen molar-refractivity contribution in [2.45, 2.75) is 31.1 Å². The number of thioether (sulfide) groups is 1. The molecule has 7 heteroatoms. The molecule has 4 nitrogen and oxygen atoms in total. The maximum absolute atomic E-state index is 13.1. The van der Waals surface area contributed by atoms with E-state index >= 15 is 0 Å². The zero-order chi connectivity index (χ0) is 20.6. The fourth-order valence-corrected chi connectivity index (χ4v) is 5.02. The summed E-state index contributed by atoms with van der Waals surface area (Å²) >= 11 is 3.43. The quantitative estimate of drug-likeness (QED) is 0.283. The monoisotopic (exact) mass is 463 g/mol. The van der Waals surface area contributed by atoms with E-state index in [0.29, 0.717) is 13.0 Å². The average molecular weight is 464 g/mol. The van der Waals surface area contributed by atoms with E-state index in [4.69, 9.17) is 4.98 Å². The van der Waals surface area contributed by atoms with Gasteiger partial charge in [0.25, 0.3) is 0 Å². The van der Waals surface area contributed by atoms with Gasteiger partial charge in [-0.3, -0.25) is 9.69 Å². The fourth-order valence-electron chi connectivity index (χ4n) is 3.09. The number of likely N-dealkylation sites (N-methyl/N-ethyl adjacent to an activating group) is 1. The minimum atomic E-state index is 0. The lowest BCUT2D eigenvalue weighted by Gasteiger charge is -2.22. The van der Waals surface area contributed by atoms with Gasteiger partial charge in [0, 0.05) is 24.4 Å². The molecule has 0 atom stereocenters. The molecule has 3 aromatic rings. The third-order valence-electron chi connectivity index (χ3n) is 4.72. The van der Waals surface area contributed by atoms with Crippen molar-refractivity contribution in [2.75, 3.05) is 37.8 Å². The second kappa shape index (κ2) is 12.3. The summed E-state index contributed by atoms with van der Waals surface area (Å²) in [5.74, 6) is 1.11. The molecule has 1 amide bonds. The van der Waals surface area contributed by atoms with Crippen LogP contribution in [-0.2, 0) is 11.2 Å². The van der Waals surface area contributed by atoms with Crippen LogP contribution in [0, 0.1) is 0 Å². The van der Waals surface area contributed by atoms with Gasteiger partial charge in [-0.25, -0.2) is 4.98 Å². The normalized spacial score (nSPS) is 10.9. The number of anilines is 1. The molecule has 0 aliphatic heterocycles. The highest BCUT2D eigenvalue weighted by Gasteiger charge is 2.20. The first kappa shape index (κ1) is 24.7. The summed E-state index contributed by atoms with van der Waals surface area (Å²) in [5.41, 5.74) is 2.28. The Hall–Kier alpha value is -1.60. The number of hydrogen-bond acceptors (Lipinski definition) is 5. The number of carbonyl (C=O) groups excluding carboxylic acids is 1. The Morgan fingerprint density at radius 1 is 1.07 bits per heavy atom. The standard InChI is InChI=1S/C23H29N3OS2.ClH/c1-4-18-10-8-13-20-22(18)24-23(29-20)26(16-15-25(2)3)21(27)14-9-17-28-19-11-6-5-7-12-19;/h5-8,10-13H,4,9,14-17H2,1-3H3;1H. The van der Waals surface area contributed by atoms with Crippen LogP contribution in [0.2, 0.25) is 0 Å². The van der Waals surface area contributed by atoms with E-state index in [1.54, 1.807) is 23.1 Å². The summed E-state index contributed by atoms with van der Waals surface area (Å²) in [7, 11) is 4.07. The van der Waals surface area contributed by atoms with E-state index in [1.807, 2.05) is 37.2 Å². The lowest BCUT2D eigenvalue weighted by molar-refractivity contribution is -0.118. The Morgan fingerprint density at radius 3 is 2.53 bits per heavy atom. The van der Waals surface area contributed by atoms with Crippen molar-refractivity contribution in [2.24, 2.45) is 0 Å². The second-order valence-corrected chi connectivity index (χ2v) is 9.41. The largest absolute Gasteiger partial charge is 0.308 e. The zero-order valence-electron chi connectivity index (χ0n) is 17.8. The summed E-state index contributed by atoms with van der Waals surface area (Å²) < 4.78 is 1.15. The van der Waals surface area contributed by atoms with Gasteiger partial charge in [0.1, 0.15) is 0 Å². The van der Waals surface area contributed by atoms with Crippen LogP contribution in [0.15, 0.2) is 53.4 Å². The van der Waals surface area contributed by atoms with Gasteiger partial charge < -0.3 is 4.90 Å². The molecular formula is C23H30ClN3OS2. The number of benzene rings is 2. The minimum Gasteiger partial charge on any atom is -0.308 e. The number of nitrogens with zero attached hydrogens (tertiary/aromatic N) is 3. The number of halogens is 1. The Labute approximate surface area is 194 Å². The SMILES string of the molecule is CCc1cccc2sc(N(CCN(C)C)C(=O)CCCSc3ccccc3)nc12.Cl. The maximum atomic E-state index is 13.1. The van der Waals surface area contributed by atoms with Crippen LogP contribution >= 0.6 is 35.5 Å². The van der Waals surface area contributed by atoms with Crippen molar-refractivity contribution in [3.05, 3.63) is 54.1 Å². The zero-order valence-corrected chi connectivity index (χ0v) is 20.3. The van der Waals surface area contributed by atoms with Crippen molar-refractivity contribution in [1.29, 1.82) is 0 Å². The predicted octanol–water partition coefficient (Wildman–Crippen LogP) is 5.75. The van der Waals surface area contributed by atoms with Gasteiger partial charge >= 0.3 is 0 Å². The molecule has 0 saturated carbocycles. The molecule has 0 aliphatic rings. The molecule has 3 rings (SSSR count).